The number of nitrogens with one attached hydrogen (secondary N) is 1. The van der Waals surface area contributed by atoms with Crippen molar-refractivity contribution in [2.45, 2.75) is 26.4 Å². The van der Waals surface area contributed by atoms with E-state index in [1.807, 2.05) is 0 Å². The Morgan fingerprint density at radius 2 is 1.95 bits per heavy atom. The van der Waals surface area contributed by atoms with E-state index in [9.17, 15) is 14.4 Å². The number of aliphatic carboxylic acids is 1. The maximum Gasteiger partial charge on any atom is 0.413 e. The van der Waals surface area contributed by atoms with Gasteiger partial charge in [0.1, 0.15) is 11.4 Å². The number of pyridine rings is 1. The predicted molar refractivity (Wildman–Crippen MR) is 66.1 cm³/mol. The lowest BCUT2D eigenvalue weighted by molar-refractivity contribution is -0.131. The summed E-state index contributed by atoms with van der Waals surface area (Å²) in [7, 11) is 0. The molecule has 0 aromatic carbocycles. The minimum Gasteiger partial charge on any atom is -0.475 e. The summed E-state index contributed by atoms with van der Waals surface area (Å²) in [4.78, 5) is 37.0. The van der Waals surface area contributed by atoms with Crippen LogP contribution in [0.2, 0.25) is 0 Å². The first-order chi connectivity index (χ1) is 8.69. The number of Topliss-reactive ketones (excluding diaryl/α,β-unsaturated/α-hetero) is 1. The highest BCUT2D eigenvalue weighted by molar-refractivity contribution is 6.39. The van der Waals surface area contributed by atoms with Gasteiger partial charge in [0.25, 0.3) is 5.78 Å². The summed E-state index contributed by atoms with van der Waals surface area (Å²) >= 11 is 0. The summed E-state index contributed by atoms with van der Waals surface area (Å²) in [6.07, 6.45) is 0.489. The number of hydrogen-bond acceptors (Lipinski definition) is 5. The van der Waals surface area contributed by atoms with Crippen molar-refractivity contribution >= 4 is 23.7 Å². The number of nitrogens with zero attached hydrogens (tertiary/aromatic N) is 1. The Balaban J connectivity index is 2.81. The van der Waals surface area contributed by atoms with Gasteiger partial charge in [-0.2, -0.15) is 0 Å². The van der Waals surface area contributed by atoms with Crippen molar-refractivity contribution < 1.29 is 24.2 Å². The molecule has 0 saturated carbocycles. The van der Waals surface area contributed by atoms with Gasteiger partial charge in [-0.25, -0.2) is 14.6 Å². The molecule has 0 aliphatic carbocycles. The molecule has 1 amide bonds. The topological polar surface area (TPSA) is 106 Å². The lowest BCUT2D eigenvalue weighted by Gasteiger charge is -2.19. The second-order valence-electron chi connectivity index (χ2n) is 4.69. The van der Waals surface area contributed by atoms with E-state index in [0.717, 1.165) is 0 Å². The summed E-state index contributed by atoms with van der Waals surface area (Å²) in [6.45, 7) is 5.10. The number of ether oxygens (including phenoxy) is 1. The zero-order chi connectivity index (χ0) is 14.6. The minimum atomic E-state index is -1.57. The van der Waals surface area contributed by atoms with E-state index in [0.29, 0.717) is 0 Å². The monoisotopic (exact) mass is 266 g/mol. The van der Waals surface area contributed by atoms with E-state index >= 15 is 0 Å². The summed E-state index contributed by atoms with van der Waals surface area (Å²) < 4.78 is 5.00. The van der Waals surface area contributed by atoms with Crippen LogP contribution in [-0.2, 0) is 9.53 Å². The van der Waals surface area contributed by atoms with E-state index in [4.69, 9.17) is 9.84 Å². The molecule has 0 atom stereocenters. The second kappa shape index (κ2) is 5.47. The van der Waals surface area contributed by atoms with Crippen LogP contribution in [0.3, 0.4) is 0 Å². The second-order valence-corrected chi connectivity index (χ2v) is 4.69. The van der Waals surface area contributed by atoms with Crippen LogP contribution in [0.4, 0.5) is 10.6 Å². The summed E-state index contributed by atoms with van der Waals surface area (Å²) in [6, 6.07) is 2.41. The van der Waals surface area contributed by atoms with Gasteiger partial charge in [0.15, 0.2) is 0 Å². The smallest absolute Gasteiger partial charge is 0.413 e. The Hall–Kier alpha value is -2.44. The molecular formula is C12H14N2O5. The van der Waals surface area contributed by atoms with Crippen molar-refractivity contribution in [3.05, 3.63) is 23.9 Å². The van der Waals surface area contributed by atoms with E-state index in [1.165, 1.54) is 18.3 Å². The fourth-order valence-corrected chi connectivity index (χ4v) is 1.17. The first-order valence-corrected chi connectivity index (χ1v) is 5.43. The summed E-state index contributed by atoms with van der Waals surface area (Å²) in [5, 5.41) is 10.9. The fraction of sp³-hybridized carbons (Fsp3) is 0.333. The number of aromatic nitrogens is 1. The molecular weight excluding hydrogens is 252 g/mol. The first-order valence-electron chi connectivity index (χ1n) is 5.43. The van der Waals surface area contributed by atoms with Crippen molar-refractivity contribution in [3.8, 4) is 0 Å². The zero-order valence-electron chi connectivity index (χ0n) is 10.8. The van der Waals surface area contributed by atoms with Crippen LogP contribution < -0.4 is 5.32 Å². The van der Waals surface area contributed by atoms with E-state index in [-0.39, 0.29) is 11.4 Å². The fourth-order valence-electron chi connectivity index (χ4n) is 1.17. The molecule has 0 aliphatic rings. The van der Waals surface area contributed by atoms with Gasteiger partial charge >= 0.3 is 12.1 Å². The normalized spacial score (nSPS) is 10.7. The molecule has 0 saturated heterocycles. The van der Waals surface area contributed by atoms with Crippen molar-refractivity contribution in [3.63, 3.8) is 0 Å². The lowest BCUT2D eigenvalue weighted by atomic mass is 10.2. The number of anilines is 1. The third-order valence-electron chi connectivity index (χ3n) is 1.85. The molecule has 1 aromatic rings. The largest absolute Gasteiger partial charge is 0.475 e. The molecule has 0 aliphatic heterocycles. The minimum absolute atomic E-state index is 0.0429. The SMILES string of the molecule is CC(C)(C)OC(=O)Nc1cc(C(=O)C(=O)O)ccn1. The Morgan fingerprint density at radius 3 is 2.47 bits per heavy atom. The first kappa shape index (κ1) is 14.6. The van der Waals surface area contributed by atoms with Crippen LogP contribution in [-0.4, -0.2) is 33.5 Å². The average molecular weight is 266 g/mol. The number of ketones is 1. The summed E-state index contributed by atoms with van der Waals surface area (Å²) in [5.41, 5.74) is -0.743. The number of rotatable bonds is 3. The zero-order valence-corrected chi connectivity index (χ0v) is 10.8. The van der Waals surface area contributed by atoms with E-state index in [2.05, 4.69) is 10.3 Å². The van der Waals surface area contributed by atoms with Gasteiger partial charge in [-0.15, -0.1) is 0 Å². The molecule has 7 nitrogen and oxygen atoms in total. The van der Waals surface area contributed by atoms with Gasteiger partial charge < -0.3 is 9.84 Å². The maximum atomic E-state index is 11.5. The molecule has 0 unspecified atom stereocenters. The Bertz CT molecular complexity index is 519. The number of carbonyl (C=O) groups excluding carboxylic acids is 2. The lowest BCUT2D eigenvalue weighted by Crippen LogP contribution is -2.27. The third-order valence-corrected chi connectivity index (χ3v) is 1.85. The van der Waals surface area contributed by atoms with Gasteiger partial charge in [-0.3, -0.25) is 10.1 Å². The number of carbonyl (C=O) groups is 3. The average Bonchev–Trinajstić information content (AvgIpc) is 2.25. The van der Waals surface area contributed by atoms with E-state index < -0.39 is 23.4 Å². The molecule has 1 aromatic heterocycles. The third kappa shape index (κ3) is 4.74. The Labute approximate surface area is 109 Å². The van der Waals surface area contributed by atoms with Crippen molar-refractivity contribution in [2.24, 2.45) is 0 Å². The Kier molecular flexibility index (Phi) is 4.21. The molecule has 0 spiro atoms. The molecule has 7 heteroatoms. The van der Waals surface area contributed by atoms with Crippen molar-refractivity contribution in [1.29, 1.82) is 0 Å². The molecule has 1 heterocycles. The molecule has 0 radical (unpaired) electrons. The summed E-state index contributed by atoms with van der Waals surface area (Å²) in [5.74, 6) is -2.61. The molecule has 0 bridgehead atoms. The van der Waals surface area contributed by atoms with Crippen LogP contribution in [0, 0.1) is 0 Å². The number of carboxylic acid groups (broad SMARTS) is 1. The predicted octanol–water partition coefficient (Wildman–Crippen LogP) is 1.70. The van der Waals surface area contributed by atoms with Gasteiger partial charge in [0, 0.05) is 11.8 Å². The van der Waals surface area contributed by atoms with Crippen LogP contribution in [0.1, 0.15) is 31.1 Å². The van der Waals surface area contributed by atoms with Crippen molar-refractivity contribution in [1.82, 2.24) is 4.98 Å². The molecule has 1 rings (SSSR count). The standard InChI is InChI=1S/C12H14N2O5/c1-12(2,3)19-11(18)14-8-6-7(4-5-13-8)9(15)10(16)17/h4-6H,1-3H3,(H,16,17)(H,13,14,18). The molecule has 19 heavy (non-hydrogen) atoms. The Morgan fingerprint density at radius 1 is 1.32 bits per heavy atom. The highest BCUT2D eigenvalue weighted by atomic mass is 16.6. The van der Waals surface area contributed by atoms with Crippen LogP contribution in [0.15, 0.2) is 18.3 Å². The van der Waals surface area contributed by atoms with Crippen LogP contribution in [0.5, 0.6) is 0 Å². The van der Waals surface area contributed by atoms with Gasteiger partial charge in [-0.1, -0.05) is 0 Å². The van der Waals surface area contributed by atoms with Crippen LogP contribution >= 0.6 is 0 Å². The quantitative estimate of drug-likeness (QED) is 0.637. The molecule has 102 valence electrons. The van der Waals surface area contributed by atoms with Gasteiger partial charge in [-0.05, 0) is 32.9 Å². The van der Waals surface area contributed by atoms with Crippen LogP contribution in [0.25, 0.3) is 0 Å². The number of amides is 1. The van der Waals surface area contributed by atoms with Crippen molar-refractivity contribution in [2.75, 3.05) is 5.32 Å². The molecule has 0 fully saturated rings. The maximum absolute atomic E-state index is 11.5. The molecule has 2 N–H and O–H groups in total. The highest BCUT2D eigenvalue weighted by Gasteiger charge is 2.18. The van der Waals surface area contributed by atoms with Gasteiger partial charge in [0.2, 0.25) is 0 Å². The number of hydrogen-bond donors (Lipinski definition) is 2. The van der Waals surface area contributed by atoms with Gasteiger partial charge in [0.05, 0.1) is 0 Å². The van der Waals surface area contributed by atoms with E-state index in [1.54, 1.807) is 20.8 Å². The number of carboxylic acids is 1. The highest BCUT2D eigenvalue weighted by Crippen LogP contribution is 2.11.